The number of nitrogens with zero attached hydrogens (tertiary/aromatic N) is 2. The minimum Gasteiger partial charge on any atom is -0.492 e. The van der Waals surface area contributed by atoms with Gasteiger partial charge in [-0.3, -0.25) is 0 Å². The van der Waals surface area contributed by atoms with E-state index in [1.54, 1.807) is 13.0 Å². The lowest BCUT2D eigenvalue weighted by Crippen LogP contribution is -2.19. The fourth-order valence-corrected chi connectivity index (χ4v) is 2.67. The fraction of sp³-hybridized carbons (Fsp3) is 0.278. The summed E-state index contributed by atoms with van der Waals surface area (Å²) < 4.78 is 7.84. The van der Waals surface area contributed by atoms with Crippen molar-refractivity contribution in [1.29, 1.82) is 0 Å². The van der Waals surface area contributed by atoms with Crippen LogP contribution < -0.4 is 10.1 Å². The minimum absolute atomic E-state index is 0.443. The number of aromatic nitrogens is 2. The summed E-state index contributed by atoms with van der Waals surface area (Å²) in [6.07, 6.45) is -0.444. The van der Waals surface area contributed by atoms with Crippen LogP contribution in [0.3, 0.4) is 0 Å². The quantitative estimate of drug-likeness (QED) is 0.687. The Balaban J connectivity index is 1.75. The lowest BCUT2D eigenvalue weighted by Gasteiger charge is -2.13. The van der Waals surface area contributed by atoms with E-state index in [2.05, 4.69) is 14.9 Å². The highest BCUT2D eigenvalue weighted by molar-refractivity contribution is 6.30. The molecule has 1 aromatic heterocycles. The van der Waals surface area contributed by atoms with Gasteiger partial charge in [0.05, 0.1) is 23.7 Å². The van der Waals surface area contributed by atoms with Gasteiger partial charge in [-0.2, -0.15) is 0 Å². The zero-order valence-corrected chi connectivity index (χ0v) is 14.2. The highest BCUT2D eigenvalue weighted by Gasteiger charge is 2.10. The first-order valence-corrected chi connectivity index (χ1v) is 8.27. The molecule has 0 amide bonds. The largest absolute Gasteiger partial charge is 0.492 e. The number of imidazole rings is 1. The molecule has 1 unspecified atom stereocenters. The number of anilines is 1. The Morgan fingerprint density at radius 1 is 1.25 bits per heavy atom. The summed E-state index contributed by atoms with van der Waals surface area (Å²) in [4.78, 5) is 4.59. The predicted molar refractivity (Wildman–Crippen MR) is 96.9 cm³/mol. The van der Waals surface area contributed by atoms with Gasteiger partial charge < -0.3 is 19.7 Å². The molecule has 2 aromatic carbocycles. The minimum atomic E-state index is -0.444. The van der Waals surface area contributed by atoms with Crippen LogP contribution in [0.2, 0.25) is 5.02 Å². The molecule has 1 atom stereocenters. The number of nitrogens with one attached hydrogen (secondary N) is 1. The molecule has 0 radical (unpaired) electrons. The first-order chi connectivity index (χ1) is 11.6. The number of rotatable bonds is 7. The summed E-state index contributed by atoms with van der Waals surface area (Å²) in [7, 11) is 0. The first-order valence-electron chi connectivity index (χ1n) is 7.89. The van der Waals surface area contributed by atoms with Gasteiger partial charge >= 0.3 is 0 Å². The standard InChI is InChI=1S/C18H20ClN3O2/c1-13(23)12-20-18-21-16-7-2-3-8-17(16)22(18)9-10-24-15-6-4-5-14(19)11-15/h2-8,11,13,23H,9-10,12H2,1H3,(H,20,21). The van der Waals surface area contributed by atoms with Crippen LogP contribution in [-0.4, -0.2) is 33.9 Å². The Kier molecular flexibility index (Phi) is 5.23. The van der Waals surface area contributed by atoms with Crippen molar-refractivity contribution in [2.45, 2.75) is 19.6 Å². The van der Waals surface area contributed by atoms with Gasteiger partial charge in [-0.15, -0.1) is 0 Å². The number of hydrogen-bond acceptors (Lipinski definition) is 4. The second kappa shape index (κ2) is 7.55. The third kappa shape index (κ3) is 3.99. The van der Waals surface area contributed by atoms with Gasteiger partial charge in [0.1, 0.15) is 12.4 Å². The second-order valence-corrected chi connectivity index (χ2v) is 6.05. The summed E-state index contributed by atoms with van der Waals surface area (Å²) in [6.45, 7) is 3.31. The molecule has 1 heterocycles. The van der Waals surface area contributed by atoms with Crippen LogP contribution in [0, 0.1) is 0 Å². The summed E-state index contributed by atoms with van der Waals surface area (Å²) in [5, 5.41) is 13.3. The lowest BCUT2D eigenvalue weighted by molar-refractivity contribution is 0.208. The van der Waals surface area contributed by atoms with Crippen molar-refractivity contribution in [2.24, 2.45) is 0 Å². The van der Waals surface area contributed by atoms with E-state index >= 15 is 0 Å². The number of para-hydroxylation sites is 2. The number of halogens is 1. The monoisotopic (exact) mass is 345 g/mol. The molecule has 6 heteroatoms. The van der Waals surface area contributed by atoms with E-state index in [-0.39, 0.29) is 0 Å². The van der Waals surface area contributed by atoms with E-state index in [1.165, 1.54) is 0 Å². The second-order valence-electron chi connectivity index (χ2n) is 5.61. The van der Waals surface area contributed by atoms with Crippen LogP contribution in [0.1, 0.15) is 6.92 Å². The Labute approximate surface area is 145 Å². The third-order valence-corrected chi connectivity index (χ3v) is 3.82. The SMILES string of the molecule is CC(O)CNc1nc2ccccc2n1CCOc1cccc(Cl)c1. The van der Waals surface area contributed by atoms with E-state index in [1.807, 2.05) is 42.5 Å². The summed E-state index contributed by atoms with van der Waals surface area (Å²) in [5.74, 6) is 1.47. The normalized spacial score (nSPS) is 12.3. The topological polar surface area (TPSA) is 59.3 Å². The van der Waals surface area contributed by atoms with Crippen LogP contribution in [0.5, 0.6) is 5.75 Å². The van der Waals surface area contributed by atoms with E-state index in [9.17, 15) is 5.11 Å². The number of aliphatic hydroxyl groups excluding tert-OH is 1. The molecule has 0 saturated heterocycles. The smallest absolute Gasteiger partial charge is 0.204 e. The fourth-order valence-electron chi connectivity index (χ4n) is 2.49. The predicted octanol–water partition coefficient (Wildman–Crippen LogP) is 3.56. The molecule has 0 bridgehead atoms. The molecule has 2 N–H and O–H groups in total. The molecule has 3 aromatic rings. The van der Waals surface area contributed by atoms with Crippen molar-refractivity contribution in [3.8, 4) is 5.75 Å². The molecule has 0 aliphatic carbocycles. The average molecular weight is 346 g/mol. The van der Waals surface area contributed by atoms with Gasteiger partial charge in [0.15, 0.2) is 0 Å². The molecule has 24 heavy (non-hydrogen) atoms. The summed E-state index contributed by atoms with van der Waals surface area (Å²) >= 11 is 5.97. The molecule has 0 fully saturated rings. The van der Waals surface area contributed by atoms with Crippen molar-refractivity contribution < 1.29 is 9.84 Å². The van der Waals surface area contributed by atoms with Crippen molar-refractivity contribution in [2.75, 3.05) is 18.5 Å². The number of ether oxygens (including phenoxy) is 1. The number of hydrogen-bond donors (Lipinski definition) is 2. The van der Waals surface area contributed by atoms with Crippen LogP contribution in [0.25, 0.3) is 11.0 Å². The van der Waals surface area contributed by atoms with Crippen LogP contribution in [0.15, 0.2) is 48.5 Å². The highest BCUT2D eigenvalue weighted by Crippen LogP contribution is 2.21. The van der Waals surface area contributed by atoms with Crippen LogP contribution >= 0.6 is 11.6 Å². The Bertz CT molecular complexity index is 817. The molecule has 5 nitrogen and oxygen atoms in total. The van der Waals surface area contributed by atoms with Crippen molar-refractivity contribution >= 4 is 28.6 Å². The zero-order valence-electron chi connectivity index (χ0n) is 13.4. The van der Waals surface area contributed by atoms with Gasteiger partial charge in [0.2, 0.25) is 5.95 Å². The van der Waals surface area contributed by atoms with Crippen molar-refractivity contribution in [1.82, 2.24) is 9.55 Å². The first kappa shape index (κ1) is 16.6. The zero-order chi connectivity index (χ0) is 16.9. The van der Waals surface area contributed by atoms with Gasteiger partial charge in [-0.1, -0.05) is 29.8 Å². The molecule has 0 aliphatic rings. The van der Waals surface area contributed by atoms with Gasteiger partial charge in [-0.05, 0) is 37.3 Å². The average Bonchev–Trinajstić information content (AvgIpc) is 2.91. The maximum Gasteiger partial charge on any atom is 0.204 e. The van der Waals surface area contributed by atoms with E-state index < -0.39 is 6.10 Å². The molecule has 3 rings (SSSR count). The molecule has 0 spiro atoms. The molecular weight excluding hydrogens is 326 g/mol. The van der Waals surface area contributed by atoms with Gasteiger partial charge in [0.25, 0.3) is 0 Å². The molecule has 0 aliphatic heterocycles. The van der Waals surface area contributed by atoms with E-state index in [0.717, 1.165) is 22.7 Å². The maximum absolute atomic E-state index is 9.49. The lowest BCUT2D eigenvalue weighted by atomic mass is 10.3. The Hall–Kier alpha value is -2.24. The molecule has 126 valence electrons. The van der Waals surface area contributed by atoms with E-state index in [0.29, 0.717) is 24.7 Å². The maximum atomic E-state index is 9.49. The van der Waals surface area contributed by atoms with Crippen LogP contribution in [0.4, 0.5) is 5.95 Å². The van der Waals surface area contributed by atoms with Gasteiger partial charge in [0, 0.05) is 11.6 Å². The van der Waals surface area contributed by atoms with Gasteiger partial charge in [-0.25, -0.2) is 4.98 Å². The number of benzene rings is 2. The summed E-state index contributed by atoms with van der Waals surface area (Å²) in [5.41, 5.74) is 1.94. The Morgan fingerprint density at radius 2 is 2.08 bits per heavy atom. The molecular formula is C18H20ClN3O2. The van der Waals surface area contributed by atoms with E-state index in [4.69, 9.17) is 16.3 Å². The highest BCUT2D eigenvalue weighted by atomic mass is 35.5. The number of aliphatic hydroxyl groups is 1. The van der Waals surface area contributed by atoms with Crippen molar-refractivity contribution in [3.63, 3.8) is 0 Å². The Morgan fingerprint density at radius 3 is 2.88 bits per heavy atom. The number of fused-ring (bicyclic) bond motifs is 1. The van der Waals surface area contributed by atoms with Crippen molar-refractivity contribution in [3.05, 3.63) is 53.6 Å². The molecule has 0 saturated carbocycles. The third-order valence-electron chi connectivity index (χ3n) is 3.59. The van der Waals surface area contributed by atoms with Crippen LogP contribution in [-0.2, 0) is 6.54 Å². The summed E-state index contributed by atoms with van der Waals surface area (Å²) in [6, 6.07) is 15.3.